The Morgan fingerprint density at radius 3 is 2.69 bits per heavy atom. The van der Waals surface area contributed by atoms with Crippen molar-refractivity contribution >= 4 is 0 Å². The van der Waals surface area contributed by atoms with E-state index >= 15 is 0 Å². The van der Waals surface area contributed by atoms with Crippen LogP contribution in [0.15, 0.2) is 0 Å². The SMILES string of the molecule is COCCCCC1CCCCC1O. The second-order valence-corrected chi connectivity index (χ2v) is 4.10. The number of methoxy groups -OCH3 is 1. The lowest BCUT2D eigenvalue weighted by Crippen LogP contribution is -2.24. The number of aliphatic hydroxyl groups excluding tert-OH is 1. The number of hydrogen-bond acceptors (Lipinski definition) is 2. The van der Waals surface area contributed by atoms with E-state index in [9.17, 15) is 5.11 Å². The van der Waals surface area contributed by atoms with Gasteiger partial charge in [0, 0.05) is 13.7 Å². The zero-order chi connectivity index (χ0) is 9.52. The minimum Gasteiger partial charge on any atom is -0.393 e. The summed E-state index contributed by atoms with van der Waals surface area (Å²) in [6.45, 7) is 0.864. The molecule has 1 fully saturated rings. The summed E-state index contributed by atoms with van der Waals surface area (Å²) in [4.78, 5) is 0. The first kappa shape index (κ1) is 11.0. The molecule has 2 unspecified atom stereocenters. The van der Waals surface area contributed by atoms with Crippen LogP contribution in [0.2, 0.25) is 0 Å². The molecule has 1 N–H and O–H groups in total. The Kier molecular flexibility index (Phi) is 5.40. The predicted octanol–water partition coefficient (Wildman–Crippen LogP) is 2.35. The van der Waals surface area contributed by atoms with Crippen molar-refractivity contribution in [3.05, 3.63) is 0 Å². The van der Waals surface area contributed by atoms with Crippen LogP contribution in [0.3, 0.4) is 0 Å². The molecule has 1 aliphatic carbocycles. The minimum atomic E-state index is -0.0173. The quantitative estimate of drug-likeness (QED) is 0.668. The van der Waals surface area contributed by atoms with Crippen molar-refractivity contribution in [2.45, 2.75) is 51.0 Å². The second-order valence-electron chi connectivity index (χ2n) is 4.10. The van der Waals surface area contributed by atoms with Crippen molar-refractivity contribution < 1.29 is 9.84 Å². The molecule has 13 heavy (non-hydrogen) atoms. The molecule has 0 radical (unpaired) electrons. The van der Waals surface area contributed by atoms with Gasteiger partial charge in [-0.25, -0.2) is 0 Å². The van der Waals surface area contributed by atoms with Crippen LogP contribution in [0.5, 0.6) is 0 Å². The van der Waals surface area contributed by atoms with Crippen LogP contribution in [0.1, 0.15) is 44.9 Å². The molecule has 0 aromatic rings. The molecule has 0 heterocycles. The summed E-state index contributed by atoms with van der Waals surface area (Å²) in [5.74, 6) is 0.575. The van der Waals surface area contributed by atoms with E-state index in [1.54, 1.807) is 7.11 Å². The number of hydrogen-bond donors (Lipinski definition) is 1. The summed E-state index contributed by atoms with van der Waals surface area (Å²) < 4.78 is 5.00. The highest BCUT2D eigenvalue weighted by Crippen LogP contribution is 2.28. The molecule has 1 aliphatic rings. The molecule has 1 saturated carbocycles. The van der Waals surface area contributed by atoms with E-state index in [1.165, 1.54) is 32.1 Å². The predicted molar refractivity (Wildman–Crippen MR) is 53.7 cm³/mol. The summed E-state index contributed by atoms with van der Waals surface area (Å²) in [5, 5.41) is 9.69. The third-order valence-electron chi connectivity index (χ3n) is 3.04. The van der Waals surface area contributed by atoms with Gasteiger partial charge in [-0.1, -0.05) is 19.3 Å². The fourth-order valence-electron chi connectivity index (χ4n) is 2.18. The van der Waals surface area contributed by atoms with E-state index in [0.29, 0.717) is 5.92 Å². The van der Waals surface area contributed by atoms with Crippen molar-refractivity contribution in [2.24, 2.45) is 5.92 Å². The molecule has 0 amide bonds. The minimum absolute atomic E-state index is 0.0173. The summed E-state index contributed by atoms with van der Waals surface area (Å²) >= 11 is 0. The van der Waals surface area contributed by atoms with Gasteiger partial charge in [0.25, 0.3) is 0 Å². The van der Waals surface area contributed by atoms with Gasteiger partial charge in [0.05, 0.1) is 6.10 Å². The van der Waals surface area contributed by atoms with Crippen LogP contribution >= 0.6 is 0 Å². The Bertz CT molecular complexity index is 125. The number of unbranched alkanes of at least 4 members (excludes halogenated alkanes) is 1. The lowest BCUT2D eigenvalue weighted by atomic mass is 9.83. The van der Waals surface area contributed by atoms with E-state index in [1.807, 2.05) is 0 Å². The van der Waals surface area contributed by atoms with Crippen LogP contribution in [0.4, 0.5) is 0 Å². The first-order chi connectivity index (χ1) is 6.34. The zero-order valence-electron chi connectivity index (χ0n) is 8.67. The third-order valence-corrected chi connectivity index (χ3v) is 3.04. The highest BCUT2D eigenvalue weighted by Gasteiger charge is 2.21. The van der Waals surface area contributed by atoms with Crippen molar-refractivity contribution in [1.29, 1.82) is 0 Å². The van der Waals surface area contributed by atoms with Gasteiger partial charge in [-0.15, -0.1) is 0 Å². The van der Waals surface area contributed by atoms with Gasteiger partial charge in [-0.05, 0) is 31.6 Å². The standard InChI is InChI=1S/C11H22O2/c1-13-9-5-4-7-10-6-2-3-8-11(10)12/h10-12H,2-9H2,1H3. The summed E-state index contributed by atoms with van der Waals surface area (Å²) in [6.07, 6.45) is 8.29. The molecule has 0 bridgehead atoms. The average Bonchev–Trinajstić information content (AvgIpc) is 2.15. The second kappa shape index (κ2) is 6.39. The van der Waals surface area contributed by atoms with Crippen LogP contribution < -0.4 is 0 Å². The van der Waals surface area contributed by atoms with Crippen LogP contribution in [-0.2, 0) is 4.74 Å². The Morgan fingerprint density at radius 2 is 2.00 bits per heavy atom. The summed E-state index contributed by atoms with van der Waals surface area (Å²) in [7, 11) is 1.75. The smallest absolute Gasteiger partial charge is 0.0568 e. The molecular formula is C11H22O2. The highest BCUT2D eigenvalue weighted by molar-refractivity contribution is 4.74. The molecule has 0 saturated heterocycles. The Morgan fingerprint density at radius 1 is 1.23 bits per heavy atom. The molecular weight excluding hydrogens is 164 g/mol. The van der Waals surface area contributed by atoms with Crippen molar-refractivity contribution in [1.82, 2.24) is 0 Å². The maximum absolute atomic E-state index is 9.69. The summed E-state index contributed by atoms with van der Waals surface area (Å²) in [5.41, 5.74) is 0. The van der Waals surface area contributed by atoms with E-state index < -0.39 is 0 Å². The van der Waals surface area contributed by atoms with Gasteiger partial charge in [-0.3, -0.25) is 0 Å². The van der Waals surface area contributed by atoms with Gasteiger partial charge in [0.1, 0.15) is 0 Å². The number of ether oxygens (including phenoxy) is 1. The molecule has 2 atom stereocenters. The van der Waals surface area contributed by atoms with Crippen molar-refractivity contribution in [3.63, 3.8) is 0 Å². The van der Waals surface area contributed by atoms with Gasteiger partial charge in [-0.2, -0.15) is 0 Å². The summed E-state index contributed by atoms with van der Waals surface area (Å²) in [6, 6.07) is 0. The Labute approximate surface area is 81.3 Å². The molecule has 78 valence electrons. The molecule has 0 aromatic carbocycles. The fraction of sp³-hybridized carbons (Fsp3) is 1.00. The molecule has 0 aliphatic heterocycles. The normalized spacial score (nSPS) is 29.1. The maximum atomic E-state index is 9.69. The number of aliphatic hydroxyl groups is 1. The average molecular weight is 186 g/mol. The monoisotopic (exact) mass is 186 g/mol. The molecule has 2 heteroatoms. The van der Waals surface area contributed by atoms with E-state index in [4.69, 9.17) is 4.74 Å². The van der Waals surface area contributed by atoms with Gasteiger partial charge < -0.3 is 9.84 Å². The Balaban J connectivity index is 2.05. The van der Waals surface area contributed by atoms with E-state index in [0.717, 1.165) is 19.4 Å². The van der Waals surface area contributed by atoms with Crippen molar-refractivity contribution in [2.75, 3.05) is 13.7 Å². The lowest BCUT2D eigenvalue weighted by molar-refractivity contribution is 0.0625. The molecule has 1 rings (SSSR count). The largest absolute Gasteiger partial charge is 0.393 e. The zero-order valence-corrected chi connectivity index (χ0v) is 8.67. The van der Waals surface area contributed by atoms with Gasteiger partial charge >= 0.3 is 0 Å². The fourth-order valence-corrected chi connectivity index (χ4v) is 2.18. The topological polar surface area (TPSA) is 29.5 Å². The van der Waals surface area contributed by atoms with E-state index in [2.05, 4.69) is 0 Å². The van der Waals surface area contributed by atoms with Crippen LogP contribution in [0.25, 0.3) is 0 Å². The molecule has 2 nitrogen and oxygen atoms in total. The molecule has 0 aromatic heterocycles. The first-order valence-electron chi connectivity index (χ1n) is 5.51. The van der Waals surface area contributed by atoms with Crippen LogP contribution in [-0.4, -0.2) is 24.9 Å². The van der Waals surface area contributed by atoms with Gasteiger partial charge in [0.15, 0.2) is 0 Å². The first-order valence-corrected chi connectivity index (χ1v) is 5.51. The van der Waals surface area contributed by atoms with E-state index in [-0.39, 0.29) is 6.10 Å². The van der Waals surface area contributed by atoms with Crippen molar-refractivity contribution in [3.8, 4) is 0 Å². The van der Waals surface area contributed by atoms with Crippen LogP contribution in [0, 0.1) is 5.92 Å². The molecule has 0 spiro atoms. The highest BCUT2D eigenvalue weighted by atomic mass is 16.5. The lowest BCUT2D eigenvalue weighted by Gasteiger charge is -2.27. The van der Waals surface area contributed by atoms with Gasteiger partial charge in [0.2, 0.25) is 0 Å². The third kappa shape index (κ3) is 4.10. The maximum Gasteiger partial charge on any atom is 0.0568 e. The Hall–Kier alpha value is -0.0800. The number of rotatable bonds is 5.